The second-order valence-electron chi connectivity index (χ2n) is 8.21. The molecule has 184 valence electrons. The first-order chi connectivity index (χ1) is 16.9. The maximum atomic E-state index is 12.8. The summed E-state index contributed by atoms with van der Waals surface area (Å²) in [5.41, 5.74) is 2.11. The standard InChI is InChI=1S/C26H29N3O5S/c1-33-22-12-13-25(34-2)24(18-22)27-26(30)21-10-8-20(9-11-21)19-28-14-16-29(17-15-28)35(31,32)23-6-4-3-5-7-23/h3-13,18H,14-17,19H2,1-2H3,(H,27,30). The van der Waals surface area contributed by atoms with E-state index in [-0.39, 0.29) is 5.91 Å². The largest absolute Gasteiger partial charge is 0.497 e. The van der Waals surface area contributed by atoms with Gasteiger partial charge in [0.05, 0.1) is 24.8 Å². The predicted molar refractivity (Wildman–Crippen MR) is 134 cm³/mol. The second kappa shape index (κ2) is 10.9. The molecule has 1 aliphatic heterocycles. The van der Waals surface area contributed by atoms with E-state index in [1.54, 1.807) is 73.1 Å². The number of carbonyl (C=O) groups excluding carboxylic acids is 1. The number of hydrogen-bond donors (Lipinski definition) is 1. The van der Waals surface area contributed by atoms with E-state index in [2.05, 4.69) is 10.2 Å². The summed E-state index contributed by atoms with van der Waals surface area (Å²) < 4.78 is 37.7. The van der Waals surface area contributed by atoms with Crippen LogP contribution in [0.4, 0.5) is 5.69 Å². The van der Waals surface area contributed by atoms with Crippen molar-refractivity contribution in [3.63, 3.8) is 0 Å². The normalized spacial score (nSPS) is 14.9. The highest BCUT2D eigenvalue weighted by Gasteiger charge is 2.28. The molecule has 0 spiro atoms. The van der Waals surface area contributed by atoms with Crippen molar-refractivity contribution in [2.45, 2.75) is 11.4 Å². The van der Waals surface area contributed by atoms with Crippen LogP contribution < -0.4 is 14.8 Å². The molecule has 1 N–H and O–H groups in total. The van der Waals surface area contributed by atoms with Gasteiger partial charge in [-0.05, 0) is 42.0 Å². The zero-order valence-electron chi connectivity index (χ0n) is 19.8. The molecule has 8 nitrogen and oxygen atoms in total. The zero-order valence-corrected chi connectivity index (χ0v) is 20.6. The van der Waals surface area contributed by atoms with E-state index in [9.17, 15) is 13.2 Å². The minimum atomic E-state index is -3.46. The molecule has 1 aliphatic rings. The third-order valence-corrected chi connectivity index (χ3v) is 7.90. The highest BCUT2D eigenvalue weighted by molar-refractivity contribution is 7.89. The number of nitrogens with zero attached hydrogens (tertiary/aromatic N) is 2. The van der Waals surface area contributed by atoms with Crippen LogP contribution in [0.2, 0.25) is 0 Å². The molecule has 3 aromatic carbocycles. The van der Waals surface area contributed by atoms with E-state index in [4.69, 9.17) is 9.47 Å². The number of nitrogens with one attached hydrogen (secondary N) is 1. The fraction of sp³-hybridized carbons (Fsp3) is 0.269. The summed E-state index contributed by atoms with van der Waals surface area (Å²) in [6.07, 6.45) is 0. The molecule has 0 atom stereocenters. The number of sulfonamides is 1. The molecule has 1 amide bonds. The first-order valence-corrected chi connectivity index (χ1v) is 12.7. The number of rotatable bonds is 8. The van der Waals surface area contributed by atoms with Crippen molar-refractivity contribution >= 4 is 21.6 Å². The van der Waals surface area contributed by atoms with Gasteiger partial charge in [0, 0.05) is 44.4 Å². The van der Waals surface area contributed by atoms with Crippen LogP contribution in [0.25, 0.3) is 0 Å². The Morgan fingerprint density at radius 2 is 1.57 bits per heavy atom. The highest BCUT2D eigenvalue weighted by Crippen LogP contribution is 2.29. The summed E-state index contributed by atoms with van der Waals surface area (Å²) >= 11 is 0. The van der Waals surface area contributed by atoms with Crippen LogP contribution in [0.3, 0.4) is 0 Å². The van der Waals surface area contributed by atoms with Crippen LogP contribution >= 0.6 is 0 Å². The molecule has 3 aromatic rings. The van der Waals surface area contributed by atoms with Crippen molar-refractivity contribution in [1.29, 1.82) is 0 Å². The molecule has 1 fully saturated rings. The summed E-state index contributed by atoms with van der Waals surface area (Å²) in [4.78, 5) is 15.3. The lowest BCUT2D eigenvalue weighted by Crippen LogP contribution is -2.48. The fourth-order valence-electron chi connectivity index (χ4n) is 4.00. The molecule has 0 saturated carbocycles. The first kappa shape index (κ1) is 24.7. The van der Waals surface area contributed by atoms with Crippen LogP contribution in [0.1, 0.15) is 15.9 Å². The molecule has 0 unspecified atom stereocenters. The minimum absolute atomic E-state index is 0.247. The maximum absolute atomic E-state index is 12.8. The smallest absolute Gasteiger partial charge is 0.255 e. The van der Waals surface area contributed by atoms with Crippen molar-refractivity contribution < 1.29 is 22.7 Å². The van der Waals surface area contributed by atoms with Gasteiger partial charge in [0.2, 0.25) is 10.0 Å². The van der Waals surface area contributed by atoms with Gasteiger partial charge in [0.1, 0.15) is 11.5 Å². The molecule has 35 heavy (non-hydrogen) atoms. The molecule has 9 heteroatoms. The van der Waals surface area contributed by atoms with Crippen molar-refractivity contribution in [3.8, 4) is 11.5 Å². The Labute approximate surface area is 206 Å². The van der Waals surface area contributed by atoms with Gasteiger partial charge in [-0.15, -0.1) is 0 Å². The first-order valence-electron chi connectivity index (χ1n) is 11.3. The second-order valence-corrected chi connectivity index (χ2v) is 10.1. The van der Waals surface area contributed by atoms with E-state index < -0.39 is 10.0 Å². The fourth-order valence-corrected chi connectivity index (χ4v) is 5.44. The minimum Gasteiger partial charge on any atom is -0.497 e. The number of piperazine rings is 1. The zero-order chi connectivity index (χ0) is 24.8. The van der Waals surface area contributed by atoms with E-state index in [1.165, 1.54) is 0 Å². The number of carbonyl (C=O) groups is 1. The Balaban J connectivity index is 1.33. The van der Waals surface area contributed by atoms with E-state index in [1.807, 2.05) is 18.2 Å². The summed E-state index contributed by atoms with van der Waals surface area (Å²) in [5, 5.41) is 2.87. The number of benzene rings is 3. The third-order valence-electron chi connectivity index (χ3n) is 5.99. The molecular formula is C26H29N3O5S. The van der Waals surface area contributed by atoms with Crippen LogP contribution in [-0.4, -0.2) is 63.9 Å². The lowest BCUT2D eigenvalue weighted by molar-refractivity contribution is 0.102. The lowest BCUT2D eigenvalue weighted by atomic mass is 10.1. The van der Waals surface area contributed by atoms with Gasteiger partial charge < -0.3 is 14.8 Å². The molecule has 0 bridgehead atoms. The van der Waals surface area contributed by atoms with E-state index in [0.717, 1.165) is 5.56 Å². The molecule has 4 rings (SSSR count). The van der Waals surface area contributed by atoms with Gasteiger partial charge in [-0.3, -0.25) is 9.69 Å². The Hall–Kier alpha value is -3.40. The Morgan fingerprint density at radius 1 is 0.886 bits per heavy atom. The van der Waals surface area contributed by atoms with Crippen molar-refractivity contribution in [1.82, 2.24) is 9.21 Å². The molecule has 1 heterocycles. The average Bonchev–Trinajstić information content (AvgIpc) is 2.90. The predicted octanol–water partition coefficient (Wildman–Crippen LogP) is 3.46. The molecule has 0 radical (unpaired) electrons. The van der Waals surface area contributed by atoms with Gasteiger partial charge in [0.25, 0.3) is 5.91 Å². The van der Waals surface area contributed by atoms with Crippen molar-refractivity contribution in [2.24, 2.45) is 0 Å². The van der Waals surface area contributed by atoms with Gasteiger partial charge in [-0.25, -0.2) is 8.42 Å². The monoisotopic (exact) mass is 495 g/mol. The summed E-state index contributed by atoms with van der Waals surface area (Å²) in [6, 6.07) is 21.2. The summed E-state index contributed by atoms with van der Waals surface area (Å²) in [6.45, 7) is 2.86. The maximum Gasteiger partial charge on any atom is 0.255 e. The number of ether oxygens (including phenoxy) is 2. The SMILES string of the molecule is COc1ccc(OC)c(NC(=O)c2ccc(CN3CCN(S(=O)(=O)c4ccccc4)CC3)cc2)c1. The quantitative estimate of drug-likeness (QED) is 0.515. The topological polar surface area (TPSA) is 88.2 Å². The van der Waals surface area contributed by atoms with Gasteiger partial charge >= 0.3 is 0 Å². The molecule has 1 saturated heterocycles. The van der Waals surface area contributed by atoms with Crippen LogP contribution in [0.5, 0.6) is 11.5 Å². The van der Waals surface area contributed by atoms with E-state index >= 15 is 0 Å². The number of amides is 1. The lowest BCUT2D eigenvalue weighted by Gasteiger charge is -2.34. The van der Waals surface area contributed by atoms with Gasteiger partial charge in [0.15, 0.2) is 0 Å². The Morgan fingerprint density at radius 3 is 2.20 bits per heavy atom. The Bertz CT molecular complexity index is 1260. The third kappa shape index (κ3) is 5.82. The van der Waals surface area contributed by atoms with Gasteiger partial charge in [-0.2, -0.15) is 4.31 Å². The van der Waals surface area contributed by atoms with E-state index in [0.29, 0.717) is 60.4 Å². The Kier molecular flexibility index (Phi) is 7.70. The van der Waals surface area contributed by atoms with Crippen molar-refractivity contribution in [2.75, 3.05) is 45.7 Å². The average molecular weight is 496 g/mol. The molecule has 0 aromatic heterocycles. The van der Waals surface area contributed by atoms with Crippen LogP contribution in [0, 0.1) is 0 Å². The molecule has 0 aliphatic carbocycles. The van der Waals surface area contributed by atoms with Gasteiger partial charge in [-0.1, -0.05) is 30.3 Å². The number of methoxy groups -OCH3 is 2. The van der Waals surface area contributed by atoms with Crippen molar-refractivity contribution in [3.05, 3.63) is 83.9 Å². The number of hydrogen-bond acceptors (Lipinski definition) is 6. The number of anilines is 1. The molecular weight excluding hydrogens is 466 g/mol. The van der Waals surface area contributed by atoms with Crippen LogP contribution in [0.15, 0.2) is 77.7 Å². The van der Waals surface area contributed by atoms with Crippen LogP contribution in [-0.2, 0) is 16.6 Å². The highest BCUT2D eigenvalue weighted by atomic mass is 32.2. The summed E-state index contributed by atoms with van der Waals surface area (Å²) in [5.74, 6) is 0.917. The summed E-state index contributed by atoms with van der Waals surface area (Å²) in [7, 11) is -0.355.